The van der Waals surface area contributed by atoms with E-state index in [0.717, 1.165) is 48.6 Å². The third-order valence-electron chi connectivity index (χ3n) is 3.84. The summed E-state index contributed by atoms with van der Waals surface area (Å²) in [5.41, 5.74) is 2.11. The minimum absolute atomic E-state index is 0.0105. The molecule has 3 rings (SSSR count). The first-order valence-corrected chi connectivity index (χ1v) is 6.97. The molecule has 3 nitrogen and oxygen atoms in total. The molecule has 2 aliphatic rings. The predicted molar refractivity (Wildman–Crippen MR) is 73.2 cm³/mol. The summed E-state index contributed by atoms with van der Waals surface area (Å²) < 4.78 is 0. The standard InChI is InChI=1S/C14H17ClN2O/c15-11-4-3-6-13-10(11)7-9-17(13)14(18)12-5-1-2-8-16-12/h3-4,6,12,16H,1-2,5,7-9H2. The molecular formula is C14H17ClN2O. The number of halogens is 1. The minimum Gasteiger partial charge on any atom is -0.310 e. The van der Waals surface area contributed by atoms with E-state index in [1.807, 2.05) is 23.1 Å². The highest BCUT2D eigenvalue weighted by Crippen LogP contribution is 2.34. The molecule has 1 unspecified atom stereocenters. The minimum atomic E-state index is -0.0105. The number of fused-ring (bicyclic) bond motifs is 1. The number of carbonyl (C=O) groups excluding carboxylic acids is 1. The maximum absolute atomic E-state index is 12.5. The van der Waals surface area contributed by atoms with Crippen molar-refractivity contribution in [3.63, 3.8) is 0 Å². The maximum Gasteiger partial charge on any atom is 0.244 e. The third kappa shape index (κ3) is 2.02. The topological polar surface area (TPSA) is 32.3 Å². The number of hydrogen-bond acceptors (Lipinski definition) is 2. The SMILES string of the molecule is O=C(C1CCCCN1)N1CCc2c(Cl)cccc21. The zero-order valence-corrected chi connectivity index (χ0v) is 11.0. The van der Waals surface area contributed by atoms with Gasteiger partial charge in [0.25, 0.3) is 0 Å². The largest absolute Gasteiger partial charge is 0.310 e. The first-order chi connectivity index (χ1) is 8.77. The molecule has 1 N–H and O–H groups in total. The van der Waals surface area contributed by atoms with Gasteiger partial charge >= 0.3 is 0 Å². The molecule has 4 heteroatoms. The fraction of sp³-hybridized carbons (Fsp3) is 0.500. The van der Waals surface area contributed by atoms with Crippen molar-refractivity contribution in [3.8, 4) is 0 Å². The number of piperidine rings is 1. The Labute approximate surface area is 112 Å². The third-order valence-corrected chi connectivity index (χ3v) is 4.20. The number of carbonyl (C=O) groups is 1. The highest BCUT2D eigenvalue weighted by atomic mass is 35.5. The summed E-state index contributed by atoms with van der Waals surface area (Å²) >= 11 is 6.17. The number of hydrogen-bond donors (Lipinski definition) is 1. The smallest absolute Gasteiger partial charge is 0.244 e. The average molecular weight is 265 g/mol. The fourth-order valence-electron chi connectivity index (χ4n) is 2.87. The molecule has 0 spiro atoms. The van der Waals surface area contributed by atoms with Crippen molar-refractivity contribution in [3.05, 3.63) is 28.8 Å². The van der Waals surface area contributed by atoms with Gasteiger partial charge in [0.05, 0.1) is 6.04 Å². The molecule has 1 atom stereocenters. The summed E-state index contributed by atoms with van der Waals surface area (Å²) in [4.78, 5) is 14.4. The van der Waals surface area contributed by atoms with Crippen LogP contribution in [0.5, 0.6) is 0 Å². The Morgan fingerprint density at radius 2 is 2.28 bits per heavy atom. The van der Waals surface area contributed by atoms with E-state index >= 15 is 0 Å². The van der Waals surface area contributed by atoms with Gasteiger partial charge in [-0.15, -0.1) is 0 Å². The first kappa shape index (κ1) is 12.0. The number of benzene rings is 1. The van der Waals surface area contributed by atoms with Gasteiger partial charge < -0.3 is 10.2 Å². The van der Waals surface area contributed by atoms with Crippen LogP contribution >= 0.6 is 11.6 Å². The molecule has 96 valence electrons. The van der Waals surface area contributed by atoms with E-state index < -0.39 is 0 Å². The van der Waals surface area contributed by atoms with Gasteiger partial charge in [0.15, 0.2) is 0 Å². The molecule has 0 aromatic heterocycles. The number of anilines is 1. The summed E-state index contributed by atoms with van der Waals surface area (Å²) in [5, 5.41) is 4.09. The van der Waals surface area contributed by atoms with Crippen molar-refractivity contribution in [2.75, 3.05) is 18.0 Å². The molecule has 1 aromatic carbocycles. The van der Waals surface area contributed by atoms with Gasteiger partial charge in [0, 0.05) is 17.3 Å². The monoisotopic (exact) mass is 264 g/mol. The van der Waals surface area contributed by atoms with Crippen molar-refractivity contribution >= 4 is 23.2 Å². The van der Waals surface area contributed by atoms with E-state index in [4.69, 9.17) is 11.6 Å². The van der Waals surface area contributed by atoms with Crippen LogP contribution in [0, 0.1) is 0 Å². The fourth-order valence-corrected chi connectivity index (χ4v) is 3.14. The van der Waals surface area contributed by atoms with Gasteiger partial charge in [0.1, 0.15) is 0 Å². The van der Waals surface area contributed by atoms with E-state index in [9.17, 15) is 4.79 Å². The van der Waals surface area contributed by atoms with Crippen LogP contribution in [-0.2, 0) is 11.2 Å². The lowest BCUT2D eigenvalue weighted by Gasteiger charge is -2.27. The lowest BCUT2D eigenvalue weighted by atomic mass is 10.0. The second-order valence-electron chi connectivity index (χ2n) is 4.98. The van der Waals surface area contributed by atoms with Gasteiger partial charge in [-0.1, -0.05) is 24.1 Å². The summed E-state index contributed by atoms with van der Waals surface area (Å²) in [6.45, 7) is 1.71. The van der Waals surface area contributed by atoms with Crippen molar-refractivity contribution in [2.24, 2.45) is 0 Å². The average Bonchev–Trinajstić information content (AvgIpc) is 2.84. The summed E-state index contributed by atoms with van der Waals surface area (Å²) in [5.74, 6) is 0.204. The molecule has 0 radical (unpaired) electrons. The molecule has 0 bridgehead atoms. The van der Waals surface area contributed by atoms with Crippen LogP contribution < -0.4 is 10.2 Å². The lowest BCUT2D eigenvalue weighted by Crippen LogP contribution is -2.48. The Balaban J connectivity index is 1.83. The lowest BCUT2D eigenvalue weighted by molar-refractivity contribution is -0.121. The molecular weight excluding hydrogens is 248 g/mol. The second kappa shape index (κ2) is 4.90. The normalized spacial score (nSPS) is 22.9. The van der Waals surface area contributed by atoms with Gasteiger partial charge in [-0.05, 0) is 43.5 Å². The molecule has 0 saturated carbocycles. The molecule has 1 saturated heterocycles. The summed E-state index contributed by atoms with van der Waals surface area (Å²) in [6.07, 6.45) is 4.13. The van der Waals surface area contributed by atoms with Gasteiger partial charge in [-0.25, -0.2) is 0 Å². The highest BCUT2D eigenvalue weighted by Gasteiger charge is 2.31. The highest BCUT2D eigenvalue weighted by molar-refractivity contribution is 6.32. The first-order valence-electron chi connectivity index (χ1n) is 6.59. The van der Waals surface area contributed by atoms with E-state index in [1.54, 1.807) is 0 Å². The molecule has 2 aliphatic heterocycles. The Morgan fingerprint density at radius 3 is 3.06 bits per heavy atom. The second-order valence-corrected chi connectivity index (χ2v) is 5.39. The van der Waals surface area contributed by atoms with Gasteiger partial charge in [-0.3, -0.25) is 4.79 Å². The van der Waals surface area contributed by atoms with Crippen molar-refractivity contribution in [1.29, 1.82) is 0 Å². The van der Waals surface area contributed by atoms with Crippen molar-refractivity contribution in [2.45, 2.75) is 31.7 Å². The van der Waals surface area contributed by atoms with E-state index in [-0.39, 0.29) is 11.9 Å². The van der Waals surface area contributed by atoms with Crippen LogP contribution in [0.2, 0.25) is 5.02 Å². The van der Waals surface area contributed by atoms with Crippen molar-refractivity contribution < 1.29 is 4.79 Å². The zero-order chi connectivity index (χ0) is 12.5. The molecule has 18 heavy (non-hydrogen) atoms. The molecule has 0 aliphatic carbocycles. The number of amides is 1. The molecule has 1 aromatic rings. The van der Waals surface area contributed by atoms with Crippen LogP contribution in [-0.4, -0.2) is 25.0 Å². The summed E-state index contributed by atoms with van der Waals surface area (Å²) in [7, 11) is 0. The quantitative estimate of drug-likeness (QED) is 0.845. The Bertz CT molecular complexity index is 469. The van der Waals surface area contributed by atoms with Crippen LogP contribution in [0.15, 0.2) is 18.2 Å². The molecule has 2 heterocycles. The van der Waals surface area contributed by atoms with Crippen LogP contribution in [0.4, 0.5) is 5.69 Å². The van der Waals surface area contributed by atoms with E-state index in [2.05, 4.69) is 5.32 Å². The van der Waals surface area contributed by atoms with E-state index in [1.165, 1.54) is 6.42 Å². The predicted octanol–water partition coefficient (Wildman–Crippen LogP) is 2.37. The van der Waals surface area contributed by atoms with Crippen LogP contribution in [0.3, 0.4) is 0 Å². The Hall–Kier alpha value is -1.06. The Kier molecular flexibility index (Phi) is 3.27. The van der Waals surface area contributed by atoms with Crippen LogP contribution in [0.1, 0.15) is 24.8 Å². The van der Waals surface area contributed by atoms with Gasteiger partial charge in [-0.2, -0.15) is 0 Å². The Morgan fingerprint density at radius 1 is 1.39 bits per heavy atom. The number of nitrogens with one attached hydrogen (secondary N) is 1. The molecule has 1 amide bonds. The number of rotatable bonds is 1. The zero-order valence-electron chi connectivity index (χ0n) is 10.3. The van der Waals surface area contributed by atoms with E-state index in [0.29, 0.717) is 0 Å². The molecule has 1 fully saturated rings. The summed E-state index contributed by atoms with van der Waals surface area (Å²) in [6, 6.07) is 5.80. The number of nitrogens with zero attached hydrogens (tertiary/aromatic N) is 1. The van der Waals surface area contributed by atoms with Gasteiger partial charge in [0.2, 0.25) is 5.91 Å². The van der Waals surface area contributed by atoms with Crippen molar-refractivity contribution in [1.82, 2.24) is 5.32 Å². The van der Waals surface area contributed by atoms with Crippen LogP contribution in [0.25, 0.3) is 0 Å². The maximum atomic E-state index is 12.5.